The van der Waals surface area contributed by atoms with Crippen LogP contribution >= 0.6 is 11.3 Å². The number of aryl methyl sites for hydroxylation is 1. The van der Waals surface area contributed by atoms with Gasteiger partial charge in [0.15, 0.2) is 25.0 Å². The first-order valence-electron chi connectivity index (χ1n) is 27.4. The highest BCUT2D eigenvalue weighted by atomic mass is 32.1. The number of aromatic nitrogens is 6. The molecule has 2 amide bonds. The minimum atomic E-state index is -0.885. The fourth-order valence-corrected chi connectivity index (χ4v) is 12.1. The van der Waals surface area contributed by atoms with E-state index < -0.39 is 24.0 Å². The topological polar surface area (TPSA) is 239 Å². The molecule has 8 heterocycles. The molecule has 2 aromatic carbocycles. The smallest absolute Gasteiger partial charge is 0.255 e. The van der Waals surface area contributed by atoms with Crippen LogP contribution in [0.2, 0.25) is 0 Å². The summed E-state index contributed by atoms with van der Waals surface area (Å²) in [7, 11) is 1.61. The number of thiazole rings is 1. The number of aliphatic hydroxyl groups excluding tert-OH is 1. The molecule has 81 heavy (non-hydrogen) atoms. The van der Waals surface area contributed by atoms with Gasteiger partial charge in [-0.05, 0) is 91.2 Å². The van der Waals surface area contributed by atoms with Gasteiger partial charge in [-0.1, -0.05) is 56.2 Å². The molecule has 7 aromatic rings. The van der Waals surface area contributed by atoms with Crippen molar-refractivity contribution < 1.29 is 42.9 Å². The lowest BCUT2D eigenvalue weighted by atomic mass is 9.91. The number of rotatable bonds is 20. The van der Waals surface area contributed by atoms with Crippen LogP contribution in [0.25, 0.3) is 21.7 Å². The van der Waals surface area contributed by atoms with Crippen molar-refractivity contribution in [1.82, 2.24) is 35.2 Å². The Morgan fingerprint density at radius 1 is 0.889 bits per heavy atom. The minimum absolute atomic E-state index is 0.00728. The molecular formula is C60H65N11O9S. The Hall–Kier alpha value is -8.32. The van der Waals surface area contributed by atoms with E-state index in [-0.39, 0.29) is 80.2 Å². The number of nitrogens with one attached hydrogen (secondary N) is 1. The number of hydrogen-bond donors (Lipinski definition) is 3. The Balaban J connectivity index is 0.684. The summed E-state index contributed by atoms with van der Waals surface area (Å²) >= 11 is 1.65. The van der Waals surface area contributed by atoms with Crippen molar-refractivity contribution in [2.24, 2.45) is 11.7 Å². The SMILES string of the molecule is COCOc1ccccc1-c1cc(N2C[C@H]3CC[C@H](C2)N3c2ccnc(OC3CC(Oc4ccc(C#CCOc5cc(C(C(=O)N6CC(O)CC6C(N)=O)C(C)C)on5)nc4)C3)c2)c(N[C@@H](C)c2ccc(-c3scnc3C)cc2)nn1. The van der Waals surface area contributed by atoms with Crippen LogP contribution in [0, 0.1) is 24.7 Å². The third kappa shape index (κ3) is 12.2. The molecule has 6 atom stereocenters. The average Bonchev–Trinajstić information content (AvgIpc) is 4.47. The molecule has 2 bridgehead atoms. The molecule has 20 nitrogen and oxygen atoms in total. The zero-order valence-electron chi connectivity index (χ0n) is 45.8. The van der Waals surface area contributed by atoms with Crippen LogP contribution < -0.4 is 39.8 Å². The minimum Gasteiger partial charge on any atom is -0.489 e. The highest BCUT2D eigenvalue weighted by Crippen LogP contribution is 2.42. The van der Waals surface area contributed by atoms with Crippen molar-refractivity contribution in [3.63, 3.8) is 0 Å². The number of hydrogen-bond acceptors (Lipinski definition) is 19. The van der Waals surface area contributed by atoms with Crippen LogP contribution in [0.15, 0.2) is 107 Å². The van der Waals surface area contributed by atoms with Gasteiger partial charge in [0, 0.05) is 87.7 Å². The summed E-state index contributed by atoms with van der Waals surface area (Å²) < 4.78 is 35.1. The first kappa shape index (κ1) is 54.6. The Bertz CT molecular complexity index is 3380. The van der Waals surface area contributed by atoms with Gasteiger partial charge in [0.05, 0.1) is 45.8 Å². The zero-order chi connectivity index (χ0) is 56.1. The second-order valence-corrected chi connectivity index (χ2v) is 22.2. The normalized spacial score (nSPS) is 21.0. The van der Waals surface area contributed by atoms with Crippen molar-refractivity contribution in [3.05, 3.63) is 126 Å². The molecule has 1 aliphatic carbocycles. The maximum Gasteiger partial charge on any atom is 0.255 e. The Labute approximate surface area is 473 Å². The molecule has 1 saturated carbocycles. The molecule has 0 spiro atoms. The maximum atomic E-state index is 13.5. The quantitative estimate of drug-likeness (QED) is 0.0484. The van der Waals surface area contributed by atoms with Crippen molar-refractivity contribution in [3.8, 4) is 56.8 Å². The molecule has 0 radical (unpaired) electrons. The average molecular weight is 1120 g/mol. The predicted molar refractivity (Wildman–Crippen MR) is 304 cm³/mol. The molecule has 4 aliphatic rings. The number of methoxy groups -OCH3 is 1. The predicted octanol–water partition coefficient (Wildman–Crippen LogP) is 7.97. The molecule has 11 rings (SSSR count). The van der Waals surface area contributed by atoms with Gasteiger partial charge in [-0.2, -0.15) is 0 Å². The van der Waals surface area contributed by atoms with E-state index in [0.717, 1.165) is 65.5 Å². The molecule has 21 heteroatoms. The Morgan fingerprint density at radius 3 is 2.41 bits per heavy atom. The van der Waals surface area contributed by atoms with Crippen molar-refractivity contribution >= 4 is 40.3 Å². The summed E-state index contributed by atoms with van der Waals surface area (Å²) in [6.07, 6.45) is 6.20. The molecular weight excluding hydrogens is 1050 g/mol. The van der Waals surface area contributed by atoms with E-state index in [0.29, 0.717) is 41.6 Å². The van der Waals surface area contributed by atoms with Crippen molar-refractivity contribution in [2.75, 3.05) is 55.3 Å². The molecule has 3 unspecified atom stereocenters. The van der Waals surface area contributed by atoms with Crippen LogP contribution in [-0.2, 0) is 14.3 Å². The number of piperazine rings is 1. The van der Waals surface area contributed by atoms with E-state index in [4.69, 9.17) is 44.1 Å². The fourth-order valence-electron chi connectivity index (χ4n) is 11.3. The molecule has 4 N–H and O–H groups in total. The Morgan fingerprint density at radius 2 is 1.68 bits per heavy atom. The monoisotopic (exact) mass is 1120 g/mol. The fraction of sp³-hybridized carbons (Fsp3) is 0.400. The molecule has 420 valence electrons. The summed E-state index contributed by atoms with van der Waals surface area (Å²) in [6.45, 7) is 9.62. The van der Waals surface area contributed by atoms with E-state index >= 15 is 0 Å². The highest BCUT2D eigenvalue weighted by molar-refractivity contribution is 7.13. The summed E-state index contributed by atoms with van der Waals surface area (Å²) in [5.74, 6) is 6.99. The maximum absolute atomic E-state index is 13.5. The van der Waals surface area contributed by atoms with Gasteiger partial charge in [0.25, 0.3) is 5.88 Å². The van der Waals surface area contributed by atoms with Gasteiger partial charge in [-0.25, -0.2) is 15.0 Å². The van der Waals surface area contributed by atoms with E-state index in [9.17, 15) is 14.7 Å². The number of nitrogens with two attached hydrogens (primary N) is 1. The number of aliphatic hydroxyl groups is 1. The number of ether oxygens (including phenoxy) is 5. The van der Waals surface area contributed by atoms with E-state index in [1.165, 1.54) is 9.78 Å². The highest BCUT2D eigenvalue weighted by Gasteiger charge is 2.44. The second kappa shape index (κ2) is 24.2. The number of nitrogens with zero attached hydrogens (tertiary/aromatic N) is 9. The number of pyridine rings is 2. The largest absolute Gasteiger partial charge is 0.489 e. The number of amides is 2. The third-order valence-corrected chi connectivity index (χ3v) is 16.4. The van der Waals surface area contributed by atoms with E-state index in [1.54, 1.807) is 36.8 Å². The van der Waals surface area contributed by atoms with Crippen LogP contribution in [0.4, 0.5) is 17.2 Å². The first-order valence-corrected chi connectivity index (χ1v) is 28.2. The van der Waals surface area contributed by atoms with Crippen LogP contribution in [-0.4, -0.2) is 129 Å². The lowest BCUT2D eigenvalue weighted by Gasteiger charge is -2.44. The van der Waals surface area contributed by atoms with Gasteiger partial charge >= 0.3 is 0 Å². The number of primary amides is 1. The molecule has 3 saturated heterocycles. The van der Waals surface area contributed by atoms with Crippen LogP contribution in [0.3, 0.4) is 0 Å². The van der Waals surface area contributed by atoms with Crippen molar-refractivity contribution in [2.45, 2.75) is 108 Å². The summed E-state index contributed by atoms with van der Waals surface area (Å²) in [4.78, 5) is 46.6. The first-order chi connectivity index (χ1) is 39.3. The number of likely N-dealkylation sites (tertiary alicyclic amines) is 1. The lowest BCUT2D eigenvalue weighted by molar-refractivity contribution is -0.139. The zero-order valence-corrected chi connectivity index (χ0v) is 46.6. The third-order valence-electron chi connectivity index (χ3n) is 15.4. The number of β-amino-alcohol motifs (C(OH)–C–C–N with tert-alkyl or cyclic N) is 1. The molecule has 5 aromatic heterocycles. The number of anilines is 3. The Kier molecular flexibility index (Phi) is 16.3. The van der Waals surface area contributed by atoms with E-state index in [1.807, 2.05) is 62.8 Å². The molecule has 3 aliphatic heterocycles. The number of carbonyl (C=O) groups excluding carboxylic acids is 2. The lowest BCUT2D eigenvalue weighted by Crippen LogP contribution is -2.54. The van der Waals surface area contributed by atoms with Crippen LogP contribution in [0.5, 0.6) is 23.3 Å². The van der Waals surface area contributed by atoms with Gasteiger partial charge in [-0.3, -0.25) is 9.59 Å². The summed E-state index contributed by atoms with van der Waals surface area (Å²) in [6, 6.07) is 27.5. The van der Waals surface area contributed by atoms with E-state index in [2.05, 4.69) is 96.5 Å². The standard InChI is InChI=1S/C60H65N11O9S/c1-35(2)56(60(74)70-32-44(72)24-50(70)58(61)73)53-28-55(68-80-53)76-22-8-9-40-16-19-45(29-63-40)78-46-25-47(26-46)79-54-23-41(20-21-62-54)71-42-17-18-43(71)31-69(30-42)51-27-49(48-10-6-7-11-52(48)77-34-75-5)66-67-59(51)65-36(3)38-12-14-39(15-13-38)57-37(4)64-33-81-57/h6-7,10-16,19-21,23,27-29,33,35-36,42-44,46-47,50,56,72H,17-18,22,24-26,30-32,34H2,1-5H3,(H2,61,73)(H,65,67)/t36-,42+,43+,44?,46?,47?,50?,56?/m0/s1. The van der Waals surface area contributed by atoms with Gasteiger partial charge in [0.2, 0.25) is 17.7 Å². The number of para-hydroxylation sites is 1. The van der Waals surface area contributed by atoms with Crippen molar-refractivity contribution in [1.29, 1.82) is 0 Å². The second-order valence-electron chi connectivity index (χ2n) is 21.3. The van der Waals surface area contributed by atoms with Gasteiger partial charge < -0.3 is 59.1 Å². The summed E-state index contributed by atoms with van der Waals surface area (Å²) in [5.41, 5.74) is 14.9. The van der Waals surface area contributed by atoms with Crippen LogP contribution in [0.1, 0.15) is 87.5 Å². The van der Waals surface area contributed by atoms with Gasteiger partial charge in [0.1, 0.15) is 41.4 Å². The number of fused-ring (bicyclic) bond motifs is 2. The van der Waals surface area contributed by atoms with Gasteiger partial charge in [-0.15, -0.1) is 21.5 Å². The number of benzene rings is 2. The molecule has 4 fully saturated rings. The number of carbonyl (C=O) groups is 2. The summed E-state index contributed by atoms with van der Waals surface area (Å²) in [5, 5.41) is 27.5.